The van der Waals surface area contributed by atoms with Crippen molar-refractivity contribution in [3.63, 3.8) is 0 Å². The molecule has 1 fully saturated rings. The molecule has 0 aromatic heterocycles. The molecule has 4 nitrogen and oxygen atoms in total. The van der Waals surface area contributed by atoms with E-state index in [1.54, 1.807) is 0 Å². The zero-order valence-corrected chi connectivity index (χ0v) is 12.3. The number of hydrogen-bond donors (Lipinski definition) is 1. The number of halogens is 1. The Bertz CT molecular complexity index is 419. The Morgan fingerprint density at radius 2 is 2.32 bits per heavy atom. The Morgan fingerprint density at radius 3 is 3.05 bits per heavy atom. The maximum Gasteiger partial charge on any atom is 0.255 e. The van der Waals surface area contributed by atoms with Crippen molar-refractivity contribution in [2.75, 3.05) is 30.5 Å². The Morgan fingerprint density at radius 1 is 1.42 bits per heavy atom. The molecule has 1 aromatic carbocycles. The standard InChI is InChI=1S/C14H18BrNO3/c15-6-2-4-11-3-1-5-12(9-11)16-14(17)13-10-18-7-8-19-13/h1,3,5,9,13H,2,4,6-8,10H2,(H,16,17). The third kappa shape index (κ3) is 4.60. The molecule has 1 amide bonds. The first-order valence-corrected chi connectivity index (χ1v) is 7.57. The van der Waals surface area contributed by atoms with Crippen molar-refractivity contribution < 1.29 is 14.3 Å². The van der Waals surface area contributed by atoms with Crippen LogP contribution in [0.15, 0.2) is 24.3 Å². The van der Waals surface area contributed by atoms with Crippen LogP contribution in [0.1, 0.15) is 12.0 Å². The molecule has 0 saturated carbocycles. The fraction of sp³-hybridized carbons (Fsp3) is 0.500. The van der Waals surface area contributed by atoms with E-state index in [2.05, 4.69) is 27.3 Å². The predicted octanol–water partition coefficient (Wildman–Crippen LogP) is 2.37. The molecule has 1 unspecified atom stereocenters. The van der Waals surface area contributed by atoms with Gasteiger partial charge in [-0.05, 0) is 30.5 Å². The summed E-state index contributed by atoms with van der Waals surface area (Å²) in [7, 11) is 0. The van der Waals surface area contributed by atoms with Gasteiger partial charge >= 0.3 is 0 Å². The van der Waals surface area contributed by atoms with Crippen LogP contribution in [0.25, 0.3) is 0 Å². The average molecular weight is 328 g/mol. The molecule has 0 aliphatic carbocycles. The Balaban J connectivity index is 1.92. The fourth-order valence-corrected chi connectivity index (χ4v) is 2.22. The lowest BCUT2D eigenvalue weighted by Crippen LogP contribution is -2.39. The van der Waals surface area contributed by atoms with Crippen LogP contribution in [0.2, 0.25) is 0 Å². The molecule has 0 spiro atoms. The van der Waals surface area contributed by atoms with Crippen molar-refractivity contribution in [1.82, 2.24) is 0 Å². The van der Waals surface area contributed by atoms with Gasteiger partial charge in [-0.2, -0.15) is 0 Å². The molecule has 5 heteroatoms. The number of anilines is 1. The van der Waals surface area contributed by atoms with Gasteiger partial charge in [0, 0.05) is 11.0 Å². The number of carbonyl (C=O) groups excluding carboxylic acids is 1. The van der Waals surface area contributed by atoms with Crippen LogP contribution in [-0.4, -0.2) is 37.2 Å². The lowest BCUT2D eigenvalue weighted by atomic mass is 10.1. The van der Waals surface area contributed by atoms with Crippen LogP contribution in [0, 0.1) is 0 Å². The summed E-state index contributed by atoms with van der Waals surface area (Å²) in [6.45, 7) is 1.37. The molecule has 1 aromatic rings. The van der Waals surface area contributed by atoms with Gasteiger partial charge in [0.25, 0.3) is 5.91 Å². The van der Waals surface area contributed by atoms with Crippen LogP contribution in [0.3, 0.4) is 0 Å². The summed E-state index contributed by atoms with van der Waals surface area (Å²) in [5.74, 6) is -0.141. The van der Waals surface area contributed by atoms with Crippen LogP contribution in [-0.2, 0) is 20.7 Å². The average Bonchev–Trinajstić information content (AvgIpc) is 2.46. The molecular weight excluding hydrogens is 310 g/mol. The highest BCUT2D eigenvalue weighted by molar-refractivity contribution is 9.09. The summed E-state index contributed by atoms with van der Waals surface area (Å²) in [5.41, 5.74) is 2.03. The third-order valence-corrected chi connectivity index (χ3v) is 3.46. The first-order chi connectivity index (χ1) is 9.29. The number of alkyl halides is 1. The maximum absolute atomic E-state index is 12.0. The van der Waals surface area contributed by atoms with Gasteiger partial charge in [-0.15, -0.1) is 0 Å². The van der Waals surface area contributed by atoms with Gasteiger partial charge in [-0.1, -0.05) is 28.1 Å². The molecule has 19 heavy (non-hydrogen) atoms. The van der Waals surface area contributed by atoms with Gasteiger partial charge in [0.05, 0.1) is 19.8 Å². The SMILES string of the molecule is O=C(Nc1cccc(CCCBr)c1)C1COCCO1. The van der Waals surface area contributed by atoms with E-state index in [9.17, 15) is 4.79 Å². The number of benzene rings is 1. The van der Waals surface area contributed by atoms with E-state index in [1.165, 1.54) is 5.56 Å². The smallest absolute Gasteiger partial charge is 0.255 e. The quantitative estimate of drug-likeness (QED) is 0.844. The monoisotopic (exact) mass is 327 g/mol. The van der Waals surface area contributed by atoms with Gasteiger partial charge in [0.1, 0.15) is 0 Å². The minimum atomic E-state index is -0.500. The summed E-state index contributed by atoms with van der Waals surface area (Å²) in [5, 5.41) is 3.86. The number of nitrogens with one attached hydrogen (secondary N) is 1. The summed E-state index contributed by atoms with van der Waals surface area (Å²) in [6, 6.07) is 7.92. The number of rotatable bonds is 5. The zero-order chi connectivity index (χ0) is 13.5. The van der Waals surface area contributed by atoms with Crippen LogP contribution >= 0.6 is 15.9 Å². The first kappa shape index (κ1) is 14.5. The first-order valence-electron chi connectivity index (χ1n) is 6.44. The van der Waals surface area contributed by atoms with Gasteiger partial charge in [-0.25, -0.2) is 0 Å². The maximum atomic E-state index is 12.0. The van der Waals surface area contributed by atoms with E-state index < -0.39 is 6.10 Å². The van der Waals surface area contributed by atoms with Crippen LogP contribution in [0.5, 0.6) is 0 Å². The highest BCUT2D eigenvalue weighted by Crippen LogP contribution is 2.14. The van der Waals surface area contributed by atoms with Crippen molar-refractivity contribution in [2.24, 2.45) is 0 Å². The van der Waals surface area contributed by atoms with E-state index >= 15 is 0 Å². The zero-order valence-electron chi connectivity index (χ0n) is 10.7. The second-order valence-corrected chi connectivity index (χ2v) is 5.21. The number of carbonyl (C=O) groups is 1. The topological polar surface area (TPSA) is 47.6 Å². The molecule has 0 radical (unpaired) electrons. The van der Waals surface area contributed by atoms with Gasteiger partial charge in [0.2, 0.25) is 0 Å². The molecule has 1 saturated heterocycles. The molecular formula is C14H18BrNO3. The number of hydrogen-bond acceptors (Lipinski definition) is 3. The number of ether oxygens (including phenoxy) is 2. The Labute approximate surface area is 121 Å². The number of aryl methyl sites for hydroxylation is 1. The van der Waals surface area contributed by atoms with E-state index in [-0.39, 0.29) is 5.91 Å². The van der Waals surface area contributed by atoms with E-state index in [4.69, 9.17) is 9.47 Å². The minimum absolute atomic E-state index is 0.141. The molecule has 1 N–H and O–H groups in total. The van der Waals surface area contributed by atoms with Crippen molar-refractivity contribution in [2.45, 2.75) is 18.9 Å². The normalized spacial score (nSPS) is 19.1. The Kier molecular flexibility index (Phi) is 5.82. The molecule has 1 aliphatic heterocycles. The van der Waals surface area contributed by atoms with Crippen LogP contribution < -0.4 is 5.32 Å². The molecule has 1 atom stereocenters. The fourth-order valence-electron chi connectivity index (χ4n) is 1.94. The summed E-state index contributed by atoms with van der Waals surface area (Å²) in [6.07, 6.45) is 1.58. The lowest BCUT2D eigenvalue weighted by molar-refractivity contribution is -0.142. The third-order valence-electron chi connectivity index (χ3n) is 2.90. The summed E-state index contributed by atoms with van der Waals surface area (Å²) < 4.78 is 10.6. The highest BCUT2D eigenvalue weighted by atomic mass is 79.9. The van der Waals surface area contributed by atoms with Gasteiger partial charge < -0.3 is 14.8 Å². The van der Waals surface area contributed by atoms with Crippen molar-refractivity contribution in [3.05, 3.63) is 29.8 Å². The Hall–Kier alpha value is -0.910. The molecule has 1 heterocycles. The predicted molar refractivity (Wildman–Crippen MR) is 77.7 cm³/mol. The second kappa shape index (κ2) is 7.62. The van der Waals surface area contributed by atoms with Gasteiger partial charge in [0.15, 0.2) is 6.10 Å². The van der Waals surface area contributed by atoms with E-state index in [1.807, 2.05) is 18.2 Å². The summed E-state index contributed by atoms with van der Waals surface area (Å²) >= 11 is 3.42. The molecule has 1 aliphatic rings. The minimum Gasteiger partial charge on any atom is -0.376 e. The van der Waals surface area contributed by atoms with E-state index in [0.717, 1.165) is 23.9 Å². The largest absolute Gasteiger partial charge is 0.376 e. The summed E-state index contributed by atoms with van der Waals surface area (Å²) in [4.78, 5) is 12.0. The molecule has 104 valence electrons. The van der Waals surface area contributed by atoms with E-state index in [0.29, 0.717) is 19.8 Å². The van der Waals surface area contributed by atoms with Crippen molar-refractivity contribution in [3.8, 4) is 0 Å². The second-order valence-electron chi connectivity index (χ2n) is 4.42. The van der Waals surface area contributed by atoms with Crippen molar-refractivity contribution in [1.29, 1.82) is 0 Å². The lowest BCUT2D eigenvalue weighted by Gasteiger charge is -2.22. The number of amides is 1. The molecule has 2 rings (SSSR count). The van der Waals surface area contributed by atoms with Gasteiger partial charge in [-0.3, -0.25) is 4.79 Å². The van der Waals surface area contributed by atoms with Crippen LogP contribution in [0.4, 0.5) is 5.69 Å². The highest BCUT2D eigenvalue weighted by Gasteiger charge is 2.22. The van der Waals surface area contributed by atoms with Crippen molar-refractivity contribution >= 4 is 27.5 Å². The molecule has 0 bridgehead atoms.